The largest absolute Gasteiger partial charge is 0.339 e. The summed E-state index contributed by atoms with van der Waals surface area (Å²) in [6.45, 7) is 4.68. The number of nitroso groups, excluding NO2 is 1. The Balaban J connectivity index is 1.65. The van der Waals surface area contributed by atoms with E-state index < -0.39 is 12.1 Å². The smallest absolute Gasteiger partial charge is 0.250 e. The number of nitrogens with zero attached hydrogens (tertiary/aromatic N) is 2. The fourth-order valence-corrected chi connectivity index (χ4v) is 4.47. The summed E-state index contributed by atoms with van der Waals surface area (Å²) < 4.78 is 0. The Labute approximate surface area is 163 Å². The number of carbonyl (C=O) groups is 2. The number of benzene rings is 2. The van der Waals surface area contributed by atoms with Crippen molar-refractivity contribution in [3.05, 3.63) is 70.6 Å². The van der Waals surface area contributed by atoms with E-state index in [4.69, 9.17) is 0 Å². The van der Waals surface area contributed by atoms with Crippen LogP contribution in [-0.4, -0.2) is 29.3 Å². The summed E-state index contributed by atoms with van der Waals surface area (Å²) in [6.07, 6.45) is 0.509. The number of piperazine rings is 1. The summed E-state index contributed by atoms with van der Waals surface area (Å²) in [5, 5.41) is 5.95. The van der Waals surface area contributed by atoms with Crippen LogP contribution in [0.25, 0.3) is 0 Å². The van der Waals surface area contributed by atoms with Crippen molar-refractivity contribution >= 4 is 17.5 Å². The Bertz CT molecular complexity index is 930. The minimum atomic E-state index is -0.635. The third-order valence-corrected chi connectivity index (χ3v) is 6.42. The summed E-state index contributed by atoms with van der Waals surface area (Å²) in [6, 6.07) is 15.4. The highest BCUT2D eigenvalue weighted by Gasteiger charge is 2.51. The molecule has 6 heteroatoms. The van der Waals surface area contributed by atoms with Gasteiger partial charge in [0.05, 0.1) is 0 Å². The van der Waals surface area contributed by atoms with E-state index in [0.717, 1.165) is 11.1 Å². The lowest BCUT2D eigenvalue weighted by Crippen LogP contribution is -2.65. The van der Waals surface area contributed by atoms with Crippen LogP contribution in [0.2, 0.25) is 0 Å². The molecular formula is C22H23N3O3. The SMILES string of the molecule is CC1CN2C(=O)C(c3ccccc3)NC(=O)C2C[C@@]1(C)c1cccc(N=O)c1. The molecule has 28 heavy (non-hydrogen) atoms. The zero-order valence-corrected chi connectivity index (χ0v) is 16.0. The predicted molar refractivity (Wildman–Crippen MR) is 106 cm³/mol. The average Bonchev–Trinajstić information content (AvgIpc) is 2.73. The molecule has 0 radical (unpaired) electrons. The molecule has 2 fully saturated rings. The minimum Gasteiger partial charge on any atom is -0.339 e. The molecule has 0 aromatic heterocycles. The molecule has 6 nitrogen and oxygen atoms in total. The van der Waals surface area contributed by atoms with Gasteiger partial charge in [-0.05, 0) is 46.2 Å². The molecule has 2 aliphatic heterocycles. The van der Waals surface area contributed by atoms with Gasteiger partial charge in [0.1, 0.15) is 17.8 Å². The van der Waals surface area contributed by atoms with Gasteiger partial charge in [0.25, 0.3) is 0 Å². The Morgan fingerprint density at radius 2 is 1.86 bits per heavy atom. The van der Waals surface area contributed by atoms with Crippen LogP contribution in [0.3, 0.4) is 0 Å². The minimum absolute atomic E-state index is 0.0620. The quantitative estimate of drug-likeness (QED) is 0.832. The highest BCUT2D eigenvalue weighted by atomic mass is 16.3. The van der Waals surface area contributed by atoms with E-state index in [1.807, 2.05) is 42.5 Å². The molecule has 0 saturated carbocycles. The van der Waals surface area contributed by atoms with Gasteiger partial charge in [-0.1, -0.05) is 56.3 Å². The molecule has 2 amide bonds. The van der Waals surface area contributed by atoms with Crippen LogP contribution in [0.1, 0.15) is 37.4 Å². The Hall–Kier alpha value is -3.02. The maximum absolute atomic E-state index is 13.2. The zero-order chi connectivity index (χ0) is 19.9. The van der Waals surface area contributed by atoms with Gasteiger partial charge >= 0.3 is 0 Å². The fourth-order valence-electron chi connectivity index (χ4n) is 4.47. The number of carbonyl (C=O) groups excluding carboxylic acids is 2. The first-order valence-electron chi connectivity index (χ1n) is 9.54. The van der Waals surface area contributed by atoms with Crippen LogP contribution in [0, 0.1) is 10.8 Å². The molecule has 2 aromatic rings. The molecule has 0 bridgehead atoms. The second-order valence-corrected chi connectivity index (χ2v) is 8.02. The summed E-state index contributed by atoms with van der Waals surface area (Å²) in [5.74, 6) is -0.0684. The number of piperidine rings is 1. The van der Waals surface area contributed by atoms with Crippen molar-refractivity contribution in [1.29, 1.82) is 0 Å². The number of nitrogens with one attached hydrogen (secondary N) is 1. The fraction of sp³-hybridized carbons (Fsp3) is 0.364. The van der Waals surface area contributed by atoms with Gasteiger partial charge in [-0.15, -0.1) is 4.91 Å². The summed E-state index contributed by atoms with van der Waals surface area (Å²) >= 11 is 0. The van der Waals surface area contributed by atoms with Crippen molar-refractivity contribution in [1.82, 2.24) is 10.2 Å². The molecule has 2 saturated heterocycles. The van der Waals surface area contributed by atoms with E-state index in [1.165, 1.54) is 0 Å². The molecule has 3 unspecified atom stereocenters. The Morgan fingerprint density at radius 1 is 1.11 bits per heavy atom. The lowest BCUT2D eigenvalue weighted by Gasteiger charge is -2.51. The van der Waals surface area contributed by atoms with Gasteiger partial charge < -0.3 is 10.2 Å². The summed E-state index contributed by atoms with van der Waals surface area (Å²) in [7, 11) is 0. The maximum Gasteiger partial charge on any atom is 0.250 e. The second-order valence-electron chi connectivity index (χ2n) is 8.02. The van der Waals surface area contributed by atoms with Crippen LogP contribution >= 0.6 is 0 Å². The van der Waals surface area contributed by atoms with Gasteiger partial charge in [-0.25, -0.2) is 0 Å². The number of amides is 2. The summed E-state index contributed by atoms with van der Waals surface area (Å²) in [5.41, 5.74) is 1.81. The van der Waals surface area contributed by atoms with E-state index in [9.17, 15) is 14.5 Å². The number of rotatable bonds is 3. The molecule has 2 heterocycles. The van der Waals surface area contributed by atoms with Crippen molar-refractivity contribution < 1.29 is 9.59 Å². The van der Waals surface area contributed by atoms with Crippen LogP contribution < -0.4 is 5.32 Å². The van der Waals surface area contributed by atoms with Crippen LogP contribution in [-0.2, 0) is 15.0 Å². The number of fused-ring (bicyclic) bond motifs is 1. The molecule has 0 spiro atoms. The van der Waals surface area contributed by atoms with Crippen LogP contribution in [0.5, 0.6) is 0 Å². The molecule has 2 aromatic carbocycles. The van der Waals surface area contributed by atoms with E-state index >= 15 is 0 Å². The van der Waals surface area contributed by atoms with E-state index in [2.05, 4.69) is 24.3 Å². The second kappa shape index (κ2) is 6.86. The first-order chi connectivity index (χ1) is 13.4. The zero-order valence-electron chi connectivity index (χ0n) is 16.0. The Morgan fingerprint density at radius 3 is 2.57 bits per heavy atom. The molecule has 1 N–H and O–H groups in total. The van der Waals surface area contributed by atoms with Crippen LogP contribution in [0.4, 0.5) is 5.69 Å². The lowest BCUT2D eigenvalue weighted by molar-refractivity contribution is -0.154. The monoisotopic (exact) mass is 377 g/mol. The highest BCUT2D eigenvalue weighted by molar-refractivity contribution is 5.97. The molecular weight excluding hydrogens is 354 g/mol. The van der Waals surface area contributed by atoms with Crippen molar-refractivity contribution in [2.45, 2.75) is 37.8 Å². The predicted octanol–water partition coefficient (Wildman–Crippen LogP) is 3.45. The third-order valence-electron chi connectivity index (χ3n) is 6.42. The number of hydrogen-bond acceptors (Lipinski definition) is 4. The van der Waals surface area contributed by atoms with E-state index in [-0.39, 0.29) is 23.1 Å². The van der Waals surface area contributed by atoms with Crippen molar-refractivity contribution in [3.63, 3.8) is 0 Å². The van der Waals surface area contributed by atoms with Gasteiger partial charge in [0.15, 0.2) is 0 Å². The van der Waals surface area contributed by atoms with Gasteiger partial charge in [0.2, 0.25) is 11.8 Å². The first-order valence-corrected chi connectivity index (χ1v) is 9.54. The summed E-state index contributed by atoms with van der Waals surface area (Å²) in [4.78, 5) is 38.8. The normalized spacial score (nSPS) is 29.8. The average molecular weight is 377 g/mol. The third kappa shape index (κ3) is 2.89. The van der Waals surface area contributed by atoms with Crippen molar-refractivity contribution in [2.75, 3.05) is 6.54 Å². The van der Waals surface area contributed by atoms with Crippen LogP contribution in [0.15, 0.2) is 59.8 Å². The van der Waals surface area contributed by atoms with Gasteiger partial charge in [0, 0.05) is 6.54 Å². The molecule has 4 rings (SSSR count). The maximum atomic E-state index is 13.2. The highest BCUT2D eigenvalue weighted by Crippen LogP contribution is 2.44. The van der Waals surface area contributed by atoms with E-state index in [1.54, 1.807) is 17.0 Å². The molecule has 2 aliphatic rings. The topological polar surface area (TPSA) is 78.8 Å². The molecule has 0 aliphatic carbocycles. The number of hydrogen-bond donors (Lipinski definition) is 1. The van der Waals surface area contributed by atoms with E-state index in [0.29, 0.717) is 18.7 Å². The Kier molecular flexibility index (Phi) is 4.49. The van der Waals surface area contributed by atoms with Gasteiger partial charge in [-0.2, -0.15) is 0 Å². The lowest BCUT2D eigenvalue weighted by atomic mass is 9.65. The van der Waals surface area contributed by atoms with Crippen molar-refractivity contribution in [2.24, 2.45) is 11.1 Å². The van der Waals surface area contributed by atoms with Crippen molar-refractivity contribution in [3.8, 4) is 0 Å². The first kappa shape index (κ1) is 18.3. The standard InChI is InChI=1S/C22H23N3O3/c1-14-13-25-18(12-22(14,2)16-9-6-10-17(11-16)24-28)20(26)23-19(21(25)27)15-7-4-3-5-8-15/h3-11,14,18-19H,12-13H2,1-2H3,(H,23,26)/t14?,18?,19?,22-/m1/s1. The molecule has 144 valence electrons. The molecule has 4 atom stereocenters. The van der Waals surface area contributed by atoms with Gasteiger partial charge in [-0.3, -0.25) is 9.59 Å².